The van der Waals surface area contributed by atoms with E-state index in [1.807, 2.05) is 35.1 Å². The van der Waals surface area contributed by atoms with Gasteiger partial charge in [-0.1, -0.05) is 17.8 Å². The van der Waals surface area contributed by atoms with E-state index in [9.17, 15) is 9.59 Å². The van der Waals surface area contributed by atoms with Gasteiger partial charge >= 0.3 is 6.03 Å². The number of hydrogen-bond donors (Lipinski definition) is 1. The molecule has 7 nitrogen and oxygen atoms in total. The molecule has 3 aliphatic rings. The number of primary amides is 1. The minimum absolute atomic E-state index is 0.0698. The van der Waals surface area contributed by atoms with Crippen molar-refractivity contribution in [3.05, 3.63) is 40.7 Å². The molecule has 0 bridgehead atoms. The lowest BCUT2D eigenvalue weighted by molar-refractivity contribution is -0.114. The first-order chi connectivity index (χ1) is 13.0. The largest absolute Gasteiger partial charge is 0.365 e. The van der Waals surface area contributed by atoms with Crippen molar-refractivity contribution in [3.8, 4) is 0 Å². The topological polar surface area (TPSA) is 82.8 Å². The van der Waals surface area contributed by atoms with Crippen LogP contribution in [-0.2, 0) is 11.3 Å². The predicted molar refractivity (Wildman–Crippen MR) is 104 cm³/mol. The highest BCUT2D eigenvalue weighted by atomic mass is 32.2. The minimum atomic E-state index is -0.435. The fraction of sp³-hybridized carbons (Fsp3) is 0.526. The van der Waals surface area contributed by atoms with Crippen molar-refractivity contribution in [2.24, 2.45) is 11.7 Å². The fourth-order valence-electron chi connectivity index (χ4n) is 3.69. The van der Waals surface area contributed by atoms with E-state index >= 15 is 0 Å². The third-order valence-electron chi connectivity index (χ3n) is 5.33. The van der Waals surface area contributed by atoms with Crippen LogP contribution in [0.15, 0.2) is 35.1 Å². The van der Waals surface area contributed by atoms with Crippen LogP contribution in [0.5, 0.6) is 0 Å². The van der Waals surface area contributed by atoms with Crippen LogP contribution in [0.2, 0.25) is 0 Å². The lowest BCUT2D eigenvalue weighted by atomic mass is 10.2. The molecule has 0 spiro atoms. The van der Waals surface area contributed by atoms with E-state index in [0.717, 1.165) is 30.8 Å². The van der Waals surface area contributed by atoms with E-state index in [-0.39, 0.29) is 11.5 Å². The molecule has 0 aromatic carbocycles. The molecule has 2 N–H and O–H groups in total. The number of thioether (sulfide) groups is 1. The Kier molecular flexibility index (Phi) is 4.99. The van der Waals surface area contributed by atoms with Crippen molar-refractivity contribution in [1.29, 1.82) is 0 Å². The second-order valence-electron chi connectivity index (χ2n) is 7.43. The number of urea groups is 1. The Balaban J connectivity index is 1.57. The summed E-state index contributed by atoms with van der Waals surface area (Å²) < 4.78 is 0. The van der Waals surface area contributed by atoms with Crippen molar-refractivity contribution in [3.63, 3.8) is 0 Å². The normalized spacial score (nSPS) is 23.4. The molecule has 2 fully saturated rings. The molecule has 4 rings (SSSR count). The summed E-state index contributed by atoms with van der Waals surface area (Å²) in [6.45, 7) is 4.85. The standard InChI is InChI=1S/C19H25N5O2S/c1-13-16(17(20)25)27-19(24(13)12-15-4-2-7-21-10-15)23-9-3-8-22(18(23)26)11-14-5-6-14/h2,4,7,10,14,19H,3,5-6,8-9,11-12H2,1H3,(H2,20,25). The zero-order chi connectivity index (χ0) is 19.0. The number of pyridine rings is 1. The van der Waals surface area contributed by atoms with Gasteiger partial charge in [-0.15, -0.1) is 0 Å². The number of amides is 3. The number of hydrogen-bond acceptors (Lipinski definition) is 5. The summed E-state index contributed by atoms with van der Waals surface area (Å²) in [6.07, 6.45) is 6.94. The molecule has 3 amide bonds. The van der Waals surface area contributed by atoms with Gasteiger partial charge in [0.1, 0.15) is 0 Å². The predicted octanol–water partition coefficient (Wildman–Crippen LogP) is 2.17. The molecule has 1 saturated heterocycles. The zero-order valence-electron chi connectivity index (χ0n) is 15.5. The maximum Gasteiger partial charge on any atom is 0.322 e. The van der Waals surface area contributed by atoms with Crippen LogP contribution in [0.25, 0.3) is 0 Å². The van der Waals surface area contributed by atoms with E-state index in [0.29, 0.717) is 23.9 Å². The van der Waals surface area contributed by atoms with Crippen LogP contribution in [0, 0.1) is 5.92 Å². The lowest BCUT2D eigenvalue weighted by Gasteiger charge is -2.42. The molecule has 3 heterocycles. The Hall–Kier alpha value is -2.22. The first-order valence-electron chi connectivity index (χ1n) is 9.43. The highest BCUT2D eigenvalue weighted by molar-refractivity contribution is 8.04. The number of allylic oxidation sites excluding steroid dienone is 1. The van der Waals surface area contributed by atoms with E-state index < -0.39 is 5.91 Å². The quantitative estimate of drug-likeness (QED) is 0.809. The Morgan fingerprint density at radius 1 is 1.37 bits per heavy atom. The van der Waals surface area contributed by atoms with E-state index in [2.05, 4.69) is 9.88 Å². The van der Waals surface area contributed by atoms with Crippen LogP contribution in [0.3, 0.4) is 0 Å². The van der Waals surface area contributed by atoms with Crippen LogP contribution < -0.4 is 5.73 Å². The van der Waals surface area contributed by atoms with Gasteiger partial charge in [-0.2, -0.15) is 0 Å². The van der Waals surface area contributed by atoms with Gasteiger partial charge in [-0.3, -0.25) is 14.7 Å². The van der Waals surface area contributed by atoms with E-state index in [1.54, 1.807) is 6.20 Å². The molecule has 0 radical (unpaired) electrons. The van der Waals surface area contributed by atoms with Gasteiger partial charge in [0.15, 0.2) is 5.50 Å². The Morgan fingerprint density at radius 3 is 2.85 bits per heavy atom. The highest BCUT2D eigenvalue weighted by Gasteiger charge is 2.42. The van der Waals surface area contributed by atoms with Crippen LogP contribution >= 0.6 is 11.8 Å². The van der Waals surface area contributed by atoms with Crippen LogP contribution in [0.1, 0.15) is 31.7 Å². The van der Waals surface area contributed by atoms with E-state index in [1.165, 1.54) is 24.6 Å². The number of rotatable bonds is 6. The monoisotopic (exact) mass is 387 g/mol. The Bertz CT molecular complexity index is 765. The lowest BCUT2D eigenvalue weighted by Crippen LogP contribution is -2.56. The van der Waals surface area contributed by atoms with Gasteiger partial charge in [0.25, 0.3) is 5.91 Å². The van der Waals surface area contributed by atoms with Crippen molar-refractivity contribution in [1.82, 2.24) is 19.7 Å². The Morgan fingerprint density at radius 2 is 2.19 bits per heavy atom. The summed E-state index contributed by atoms with van der Waals surface area (Å²) in [7, 11) is 0. The molecular formula is C19H25N5O2S. The van der Waals surface area contributed by atoms with Gasteiger partial charge in [0.05, 0.1) is 4.91 Å². The maximum absolute atomic E-state index is 13.1. The average molecular weight is 388 g/mol. The number of nitrogens with two attached hydrogens (primary N) is 1. The van der Waals surface area contributed by atoms with Gasteiger partial charge in [-0.05, 0) is 43.7 Å². The SMILES string of the molecule is CC1=C(C(N)=O)SC(N2CCCN(CC3CC3)C2=O)N1Cc1cccnc1. The zero-order valence-corrected chi connectivity index (χ0v) is 16.3. The fourth-order valence-corrected chi connectivity index (χ4v) is 4.99. The highest BCUT2D eigenvalue weighted by Crippen LogP contribution is 2.41. The minimum Gasteiger partial charge on any atom is -0.365 e. The van der Waals surface area contributed by atoms with Crippen LogP contribution in [-0.4, -0.2) is 56.8 Å². The van der Waals surface area contributed by atoms with E-state index in [4.69, 9.17) is 5.73 Å². The molecule has 1 aromatic heterocycles. The molecule has 1 unspecified atom stereocenters. The summed E-state index contributed by atoms with van der Waals surface area (Å²) >= 11 is 1.39. The number of carbonyl (C=O) groups excluding carboxylic acids is 2. The summed E-state index contributed by atoms with van der Waals surface area (Å²) in [5.41, 5.74) is 7.22. The molecule has 1 saturated carbocycles. The first kappa shape index (κ1) is 18.2. The molecule has 2 aliphatic heterocycles. The average Bonchev–Trinajstić information content (AvgIpc) is 3.42. The summed E-state index contributed by atoms with van der Waals surface area (Å²) in [5.74, 6) is 0.230. The van der Waals surface area contributed by atoms with Gasteiger partial charge in [0, 0.05) is 44.3 Å². The molecule has 1 aliphatic carbocycles. The smallest absolute Gasteiger partial charge is 0.322 e. The number of carbonyl (C=O) groups is 2. The first-order valence-corrected chi connectivity index (χ1v) is 10.3. The molecule has 144 valence electrons. The second kappa shape index (κ2) is 7.42. The maximum atomic E-state index is 13.1. The van der Waals surface area contributed by atoms with Crippen molar-refractivity contribution >= 4 is 23.7 Å². The summed E-state index contributed by atoms with van der Waals surface area (Å²) in [6, 6.07) is 3.97. The van der Waals surface area contributed by atoms with Crippen molar-refractivity contribution < 1.29 is 9.59 Å². The van der Waals surface area contributed by atoms with Crippen LogP contribution in [0.4, 0.5) is 4.79 Å². The second-order valence-corrected chi connectivity index (χ2v) is 8.50. The third kappa shape index (κ3) is 3.76. The molecule has 1 aromatic rings. The molecule has 27 heavy (non-hydrogen) atoms. The number of aromatic nitrogens is 1. The van der Waals surface area contributed by atoms with Gasteiger partial charge < -0.3 is 15.5 Å². The molecule has 8 heteroatoms. The third-order valence-corrected chi connectivity index (χ3v) is 6.79. The van der Waals surface area contributed by atoms with Gasteiger partial charge in [-0.25, -0.2) is 4.79 Å². The van der Waals surface area contributed by atoms with Gasteiger partial charge in [0.2, 0.25) is 0 Å². The summed E-state index contributed by atoms with van der Waals surface area (Å²) in [4.78, 5) is 35.7. The molecular weight excluding hydrogens is 362 g/mol. The van der Waals surface area contributed by atoms with Crippen molar-refractivity contribution in [2.45, 2.75) is 38.2 Å². The van der Waals surface area contributed by atoms with Crippen molar-refractivity contribution in [2.75, 3.05) is 19.6 Å². The Labute approximate surface area is 163 Å². The summed E-state index contributed by atoms with van der Waals surface area (Å²) in [5, 5.41) is 0. The molecule has 1 atom stereocenters. The number of nitrogens with zero attached hydrogens (tertiary/aromatic N) is 4.